The molecular formula is C22H28F2O4. The molecule has 2 saturated heterocycles. The Bertz CT molecular complexity index is 696. The van der Waals surface area contributed by atoms with E-state index in [4.69, 9.17) is 18.9 Å². The van der Waals surface area contributed by atoms with Crippen LogP contribution < -0.4 is 4.74 Å². The van der Waals surface area contributed by atoms with Crippen LogP contribution in [0.5, 0.6) is 5.75 Å². The summed E-state index contributed by atoms with van der Waals surface area (Å²) in [6, 6.07) is 4.96. The molecule has 2 heterocycles. The van der Waals surface area contributed by atoms with E-state index in [0.29, 0.717) is 19.6 Å². The summed E-state index contributed by atoms with van der Waals surface area (Å²) in [5, 5.41) is 0. The monoisotopic (exact) mass is 394 g/mol. The largest absolute Gasteiger partial charge is 0.491 e. The van der Waals surface area contributed by atoms with Gasteiger partial charge in [-0.3, -0.25) is 0 Å². The molecule has 0 saturated carbocycles. The fourth-order valence-electron chi connectivity index (χ4n) is 3.52. The van der Waals surface area contributed by atoms with Gasteiger partial charge in [0.25, 0.3) is 0 Å². The highest BCUT2D eigenvalue weighted by Gasteiger charge is 2.35. The summed E-state index contributed by atoms with van der Waals surface area (Å²) < 4.78 is 50.3. The van der Waals surface area contributed by atoms with E-state index >= 15 is 0 Å². The molecule has 6 heteroatoms. The smallest absolute Gasteiger partial charge is 0.222 e. The van der Waals surface area contributed by atoms with Gasteiger partial charge in [-0.1, -0.05) is 25.3 Å². The molecular weight excluding hydrogens is 366 g/mol. The third-order valence-electron chi connectivity index (χ3n) is 4.99. The van der Waals surface area contributed by atoms with Gasteiger partial charge in [0.15, 0.2) is 17.2 Å². The van der Waals surface area contributed by atoms with Crippen LogP contribution in [-0.2, 0) is 14.2 Å². The fourth-order valence-corrected chi connectivity index (χ4v) is 3.52. The van der Waals surface area contributed by atoms with Crippen molar-refractivity contribution in [1.82, 2.24) is 0 Å². The van der Waals surface area contributed by atoms with E-state index in [0.717, 1.165) is 24.8 Å². The molecule has 0 bridgehead atoms. The average Bonchev–Trinajstić information content (AvgIpc) is 2.70. The number of rotatable bonds is 5. The number of hydrogen-bond donors (Lipinski definition) is 0. The molecule has 1 aromatic carbocycles. The lowest BCUT2D eigenvalue weighted by molar-refractivity contribution is -0.208. The topological polar surface area (TPSA) is 36.9 Å². The van der Waals surface area contributed by atoms with Crippen molar-refractivity contribution in [2.75, 3.05) is 26.4 Å². The van der Waals surface area contributed by atoms with E-state index in [1.807, 2.05) is 19.9 Å². The second-order valence-corrected chi connectivity index (χ2v) is 7.36. The molecule has 154 valence electrons. The van der Waals surface area contributed by atoms with Crippen molar-refractivity contribution in [3.05, 3.63) is 29.6 Å². The third-order valence-corrected chi connectivity index (χ3v) is 4.99. The van der Waals surface area contributed by atoms with E-state index in [2.05, 4.69) is 11.8 Å². The molecule has 2 aliphatic heterocycles. The van der Waals surface area contributed by atoms with Gasteiger partial charge >= 0.3 is 0 Å². The quantitative estimate of drug-likeness (QED) is 0.685. The minimum atomic E-state index is -1.40. The minimum Gasteiger partial charge on any atom is -0.491 e. The summed E-state index contributed by atoms with van der Waals surface area (Å²) >= 11 is 0. The Hall–Kier alpha value is -1.68. The summed E-state index contributed by atoms with van der Waals surface area (Å²) in [5.74, 6) is 6.00. The van der Waals surface area contributed by atoms with Gasteiger partial charge in [-0.2, -0.15) is 0 Å². The van der Waals surface area contributed by atoms with Crippen molar-refractivity contribution >= 4 is 0 Å². The molecule has 4 nitrogen and oxygen atoms in total. The second kappa shape index (κ2) is 9.69. The molecule has 1 aromatic rings. The van der Waals surface area contributed by atoms with Gasteiger partial charge in [-0.25, -0.2) is 8.78 Å². The zero-order chi connectivity index (χ0) is 20.0. The molecule has 0 radical (unpaired) electrons. The Morgan fingerprint density at radius 3 is 2.54 bits per heavy atom. The normalized spacial score (nSPS) is 30.4. The van der Waals surface area contributed by atoms with Gasteiger partial charge in [0.1, 0.15) is 0 Å². The lowest BCUT2D eigenvalue weighted by atomic mass is 9.95. The first-order chi connectivity index (χ1) is 13.5. The van der Waals surface area contributed by atoms with Crippen LogP contribution in [0.3, 0.4) is 0 Å². The first kappa shape index (κ1) is 21.0. The van der Waals surface area contributed by atoms with Crippen LogP contribution in [0.2, 0.25) is 0 Å². The molecule has 0 aliphatic carbocycles. The molecule has 0 amide bonds. The minimum absolute atomic E-state index is 0.0206. The molecule has 2 aliphatic rings. The highest BCUT2D eigenvalue weighted by Crippen LogP contribution is 2.32. The number of ether oxygens (including phenoxy) is 4. The lowest BCUT2D eigenvalue weighted by Crippen LogP contribution is -2.43. The van der Waals surface area contributed by atoms with E-state index in [-0.39, 0.29) is 36.8 Å². The number of benzene rings is 1. The van der Waals surface area contributed by atoms with Crippen molar-refractivity contribution < 1.29 is 27.7 Å². The van der Waals surface area contributed by atoms with Crippen LogP contribution >= 0.6 is 0 Å². The van der Waals surface area contributed by atoms with Crippen molar-refractivity contribution in [2.24, 2.45) is 5.92 Å². The van der Waals surface area contributed by atoms with E-state index in [9.17, 15) is 8.78 Å². The maximum Gasteiger partial charge on any atom is 0.222 e. The molecule has 2 atom stereocenters. The SMILES string of the molecule is CCCC1(F)COC(C#CC2CCC(c3ccc(OCC)c(F)c3)OC2)OC1. The number of hydrogen-bond acceptors (Lipinski definition) is 4. The Morgan fingerprint density at radius 2 is 1.93 bits per heavy atom. The van der Waals surface area contributed by atoms with Gasteiger partial charge in [-0.05, 0) is 49.8 Å². The maximum atomic E-state index is 14.3. The lowest BCUT2D eigenvalue weighted by Gasteiger charge is -2.32. The molecule has 0 N–H and O–H groups in total. The van der Waals surface area contributed by atoms with Crippen molar-refractivity contribution in [2.45, 2.75) is 57.6 Å². The number of alkyl halides is 1. The Morgan fingerprint density at radius 1 is 1.14 bits per heavy atom. The Kier molecular flexibility index (Phi) is 7.28. The highest BCUT2D eigenvalue weighted by molar-refractivity contribution is 5.31. The van der Waals surface area contributed by atoms with Crippen molar-refractivity contribution in [3.8, 4) is 17.6 Å². The van der Waals surface area contributed by atoms with E-state index < -0.39 is 12.0 Å². The van der Waals surface area contributed by atoms with Gasteiger partial charge in [0.05, 0.1) is 32.5 Å². The van der Waals surface area contributed by atoms with Gasteiger partial charge in [0, 0.05) is 5.92 Å². The molecule has 0 aromatic heterocycles. The highest BCUT2D eigenvalue weighted by atomic mass is 19.1. The van der Waals surface area contributed by atoms with Crippen LogP contribution in [-0.4, -0.2) is 38.4 Å². The average molecular weight is 394 g/mol. The molecule has 2 fully saturated rings. The second-order valence-electron chi connectivity index (χ2n) is 7.36. The molecule has 2 unspecified atom stereocenters. The maximum absolute atomic E-state index is 14.3. The van der Waals surface area contributed by atoms with Crippen LogP contribution in [0.4, 0.5) is 8.78 Å². The third kappa shape index (κ3) is 5.44. The van der Waals surface area contributed by atoms with E-state index in [1.165, 1.54) is 6.07 Å². The Balaban J connectivity index is 1.48. The summed E-state index contributed by atoms with van der Waals surface area (Å²) in [6.07, 6.45) is 1.94. The summed E-state index contributed by atoms with van der Waals surface area (Å²) in [5.41, 5.74) is -0.595. The van der Waals surface area contributed by atoms with Gasteiger partial charge in [0.2, 0.25) is 6.29 Å². The molecule has 3 rings (SSSR count). The van der Waals surface area contributed by atoms with Gasteiger partial charge < -0.3 is 18.9 Å². The molecule has 28 heavy (non-hydrogen) atoms. The first-order valence-electron chi connectivity index (χ1n) is 10.00. The van der Waals surface area contributed by atoms with E-state index in [1.54, 1.807) is 6.07 Å². The zero-order valence-corrected chi connectivity index (χ0v) is 16.5. The molecule has 0 spiro atoms. The zero-order valence-electron chi connectivity index (χ0n) is 16.5. The van der Waals surface area contributed by atoms with Crippen LogP contribution in [0, 0.1) is 23.6 Å². The van der Waals surface area contributed by atoms with Crippen LogP contribution in [0.15, 0.2) is 18.2 Å². The Labute approximate surface area is 165 Å². The van der Waals surface area contributed by atoms with Crippen molar-refractivity contribution in [1.29, 1.82) is 0 Å². The van der Waals surface area contributed by atoms with Crippen LogP contribution in [0.1, 0.15) is 51.2 Å². The summed E-state index contributed by atoms with van der Waals surface area (Å²) in [4.78, 5) is 0. The van der Waals surface area contributed by atoms with Gasteiger partial charge in [-0.15, -0.1) is 0 Å². The summed E-state index contributed by atoms with van der Waals surface area (Å²) in [7, 11) is 0. The predicted octanol–water partition coefficient (Wildman–Crippen LogP) is 4.58. The predicted molar refractivity (Wildman–Crippen MR) is 101 cm³/mol. The van der Waals surface area contributed by atoms with Crippen molar-refractivity contribution in [3.63, 3.8) is 0 Å². The summed E-state index contributed by atoms with van der Waals surface area (Å²) in [6.45, 7) is 4.68. The fraction of sp³-hybridized carbons (Fsp3) is 0.636. The standard InChI is InChI=1S/C22H28F2O4/c1-3-11-22(24)14-27-21(28-15-22)10-6-16-5-8-19(26-13-16)17-7-9-20(25-4-2)18(23)12-17/h7,9,12,16,19,21H,3-5,8,11,13-15H2,1-2H3. The first-order valence-corrected chi connectivity index (χ1v) is 10.00. The number of halogens is 2. The van der Waals surface area contributed by atoms with Crippen LogP contribution in [0.25, 0.3) is 0 Å².